The summed E-state index contributed by atoms with van der Waals surface area (Å²) < 4.78 is 10.8. The van der Waals surface area contributed by atoms with Gasteiger partial charge in [0.2, 0.25) is 0 Å². The highest BCUT2D eigenvalue weighted by Gasteiger charge is 2.23. The third kappa shape index (κ3) is 4.55. The second-order valence-electron chi connectivity index (χ2n) is 5.89. The summed E-state index contributed by atoms with van der Waals surface area (Å²) in [7, 11) is 1.66. The van der Waals surface area contributed by atoms with E-state index in [0.717, 1.165) is 24.4 Å². The molecule has 1 aromatic heterocycles. The molecule has 6 heteroatoms. The van der Waals surface area contributed by atoms with Crippen LogP contribution < -0.4 is 10.1 Å². The van der Waals surface area contributed by atoms with E-state index in [1.54, 1.807) is 31.6 Å². The molecule has 6 nitrogen and oxygen atoms in total. The Balaban J connectivity index is 1.75. The van der Waals surface area contributed by atoms with Gasteiger partial charge in [-0.1, -0.05) is 12.1 Å². The molecule has 1 fully saturated rings. The molecule has 0 bridgehead atoms. The number of methoxy groups -OCH3 is 1. The van der Waals surface area contributed by atoms with Gasteiger partial charge >= 0.3 is 0 Å². The van der Waals surface area contributed by atoms with E-state index in [-0.39, 0.29) is 11.9 Å². The minimum Gasteiger partial charge on any atom is -0.497 e. The fourth-order valence-corrected chi connectivity index (χ4v) is 2.99. The summed E-state index contributed by atoms with van der Waals surface area (Å²) in [6.07, 6.45) is 3.24. The van der Waals surface area contributed by atoms with Gasteiger partial charge in [0.15, 0.2) is 0 Å². The third-order valence-electron chi connectivity index (χ3n) is 4.36. The molecule has 2 aromatic rings. The highest BCUT2D eigenvalue weighted by molar-refractivity contribution is 5.93. The van der Waals surface area contributed by atoms with Crippen molar-refractivity contribution < 1.29 is 14.3 Å². The number of rotatable bonds is 6. The molecule has 132 valence electrons. The first-order valence-corrected chi connectivity index (χ1v) is 8.42. The lowest BCUT2D eigenvalue weighted by molar-refractivity contribution is 0.0162. The highest BCUT2D eigenvalue weighted by Crippen LogP contribution is 2.24. The largest absolute Gasteiger partial charge is 0.497 e. The Labute approximate surface area is 147 Å². The average molecular weight is 341 g/mol. The van der Waals surface area contributed by atoms with E-state index < -0.39 is 0 Å². The van der Waals surface area contributed by atoms with Crippen molar-refractivity contribution in [2.75, 3.05) is 40.0 Å². The molecule has 25 heavy (non-hydrogen) atoms. The van der Waals surface area contributed by atoms with Crippen LogP contribution in [0.15, 0.2) is 48.8 Å². The van der Waals surface area contributed by atoms with Gasteiger partial charge in [-0.05, 0) is 29.8 Å². The SMILES string of the molecule is COc1cccc(C(CNC(=O)c2ccncc2)N2CCOCC2)c1. The summed E-state index contributed by atoms with van der Waals surface area (Å²) in [6.45, 7) is 3.62. The molecular weight excluding hydrogens is 318 g/mol. The van der Waals surface area contributed by atoms with Crippen LogP contribution >= 0.6 is 0 Å². The molecule has 1 atom stereocenters. The first-order valence-electron chi connectivity index (χ1n) is 8.42. The summed E-state index contributed by atoms with van der Waals surface area (Å²) in [6, 6.07) is 11.5. The van der Waals surface area contributed by atoms with E-state index in [1.165, 1.54) is 0 Å². The van der Waals surface area contributed by atoms with Crippen molar-refractivity contribution in [1.82, 2.24) is 15.2 Å². The molecule has 0 saturated carbocycles. The van der Waals surface area contributed by atoms with Crippen LogP contribution in [0.3, 0.4) is 0 Å². The standard InChI is InChI=1S/C19H23N3O3/c1-24-17-4-2-3-16(13-17)18(22-9-11-25-12-10-22)14-21-19(23)15-5-7-20-8-6-15/h2-8,13,18H,9-12,14H2,1H3,(H,21,23). The van der Waals surface area contributed by atoms with Crippen LogP contribution in [0, 0.1) is 0 Å². The van der Waals surface area contributed by atoms with Gasteiger partial charge in [0, 0.05) is 37.6 Å². The van der Waals surface area contributed by atoms with E-state index in [2.05, 4.69) is 21.3 Å². The van der Waals surface area contributed by atoms with Crippen molar-refractivity contribution in [3.8, 4) is 5.75 Å². The van der Waals surface area contributed by atoms with Crippen LogP contribution in [0.2, 0.25) is 0 Å². The van der Waals surface area contributed by atoms with Crippen molar-refractivity contribution in [2.45, 2.75) is 6.04 Å². The van der Waals surface area contributed by atoms with E-state index in [9.17, 15) is 4.79 Å². The Hall–Kier alpha value is -2.44. The fourth-order valence-electron chi connectivity index (χ4n) is 2.99. The lowest BCUT2D eigenvalue weighted by atomic mass is 10.0. The number of carbonyl (C=O) groups is 1. The number of pyridine rings is 1. The zero-order valence-corrected chi connectivity index (χ0v) is 14.4. The van der Waals surface area contributed by atoms with Gasteiger partial charge in [-0.2, -0.15) is 0 Å². The predicted octanol–water partition coefficient (Wildman–Crippen LogP) is 1.89. The maximum Gasteiger partial charge on any atom is 0.251 e. The van der Waals surface area contributed by atoms with Crippen LogP contribution in [-0.4, -0.2) is 55.7 Å². The van der Waals surface area contributed by atoms with Crippen LogP contribution in [0.1, 0.15) is 22.0 Å². The average Bonchev–Trinajstić information content (AvgIpc) is 2.69. The number of hydrogen-bond donors (Lipinski definition) is 1. The number of amides is 1. The van der Waals surface area contributed by atoms with Gasteiger partial charge in [-0.25, -0.2) is 0 Å². The first-order chi connectivity index (χ1) is 12.3. The normalized spacial score (nSPS) is 16.2. The summed E-state index contributed by atoms with van der Waals surface area (Å²) in [5, 5.41) is 3.04. The monoisotopic (exact) mass is 341 g/mol. The van der Waals surface area contributed by atoms with Crippen molar-refractivity contribution in [1.29, 1.82) is 0 Å². The molecular formula is C19H23N3O3. The van der Waals surface area contributed by atoms with Crippen molar-refractivity contribution in [3.05, 3.63) is 59.9 Å². The molecule has 1 aliphatic heterocycles. The number of benzene rings is 1. The third-order valence-corrected chi connectivity index (χ3v) is 4.36. The Morgan fingerprint density at radius 2 is 2.04 bits per heavy atom. The molecule has 1 aromatic carbocycles. The Bertz CT molecular complexity index is 687. The van der Waals surface area contributed by atoms with E-state index in [4.69, 9.17) is 9.47 Å². The Morgan fingerprint density at radius 3 is 2.76 bits per heavy atom. The molecule has 2 heterocycles. The van der Waals surface area contributed by atoms with Crippen molar-refractivity contribution in [3.63, 3.8) is 0 Å². The quantitative estimate of drug-likeness (QED) is 0.869. The molecule has 0 radical (unpaired) electrons. The molecule has 1 N–H and O–H groups in total. The summed E-state index contributed by atoms with van der Waals surface area (Å²) in [5.74, 6) is 0.722. The molecule has 0 spiro atoms. The predicted molar refractivity (Wildman–Crippen MR) is 94.7 cm³/mol. The van der Waals surface area contributed by atoms with Crippen LogP contribution in [-0.2, 0) is 4.74 Å². The second-order valence-corrected chi connectivity index (χ2v) is 5.89. The number of carbonyl (C=O) groups excluding carboxylic acids is 1. The molecule has 1 aliphatic rings. The summed E-state index contributed by atoms with van der Waals surface area (Å²) in [4.78, 5) is 18.7. The maximum atomic E-state index is 12.4. The number of hydrogen-bond acceptors (Lipinski definition) is 5. The molecule has 0 aliphatic carbocycles. The fraction of sp³-hybridized carbons (Fsp3) is 0.368. The lowest BCUT2D eigenvalue weighted by Gasteiger charge is -2.35. The topological polar surface area (TPSA) is 63.7 Å². The molecule has 1 amide bonds. The summed E-state index contributed by atoms with van der Waals surface area (Å²) in [5.41, 5.74) is 1.73. The van der Waals surface area contributed by atoms with E-state index >= 15 is 0 Å². The second kappa shape index (κ2) is 8.60. The van der Waals surface area contributed by atoms with Gasteiger partial charge in [0.05, 0.1) is 26.4 Å². The van der Waals surface area contributed by atoms with Gasteiger partial charge in [-0.3, -0.25) is 14.7 Å². The van der Waals surface area contributed by atoms with Gasteiger partial charge in [-0.15, -0.1) is 0 Å². The molecule has 1 unspecified atom stereocenters. The summed E-state index contributed by atoms with van der Waals surface area (Å²) >= 11 is 0. The van der Waals surface area contributed by atoms with Gasteiger partial charge < -0.3 is 14.8 Å². The lowest BCUT2D eigenvalue weighted by Crippen LogP contribution is -2.43. The smallest absolute Gasteiger partial charge is 0.251 e. The van der Waals surface area contributed by atoms with Crippen molar-refractivity contribution in [2.24, 2.45) is 0 Å². The minimum absolute atomic E-state index is 0.0739. The van der Waals surface area contributed by atoms with Gasteiger partial charge in [0.1, 0.15) is 5.75 Å². The molecule has 3 rings (SSSR count). The van der Waals surface area contributed by atoms with Gasteiger partial charge in [0.25, 0.3) is 5.91 Å². The highest BCUT2D eigenvalue weighted by atomic mass is 16.5. The van der Waals surface area contributed by atoms with Crippen LogP contribution in [0.4, 0.5) is 0 Å². The number of morpholine rings is 1. The zero-order valence-electron chi connectivity index (χ0n) is 14.4. The first kappa shape index (κ1) is 17.4. The van der Waals surface area contributed by atoms with Crippen molar-refractivity contribution >= 4 is 5.91 Å². The number of nitrogens with zero attached hydrogens (tertiary/aromatic N) is 2. The minimum atomic E-state index is -0.0939. The Kier molecular flexibility index (Phi) is 5.98. The number of aromatic nitrogens is 1. The van der Waals surface area contributed by atoms with E-state index in [1.807, 2.05) is 18.2 Å². The Morgan fingerprint density at radius 1 is 1.28 bits per heavy atom. The van der Waals surface area contributed by atoms with E-state index in [0.29, 0.717) is 25.3 Å². The molecule has 1 saturated heterocycles. The maximum absolute atomic E-state index is 12.4. The number of nitrogens with one attached hydrogen (secondary N) is 1. The zero-order chi connectivity index (χ0) is 17.5. The van der Waals surface area contributed by atoms with Crippen LogP contribution in [0.5, 0.6) is 5.75 Å². The van der Waals surface area contributed by atoms with Crippen LogP contribution in [0.25, 0.3) is 0 Å². The number of ether oxygens (including phenoxy) is 2.